The minimum absolute atomic E-state index is 0.0652. The molecule has 15 heavy (non-hydrogen) atoms. The van der Waals surface area contributed by atoms with Gasteiger partial charge in [0.1, 0.15) is 0 Å². The fourth-order valence-electron chi connectivity index (χ4n) is 1.78. The van der Waals surface area contributed by atoms with Crippen LogP contribution in [0, 0.1) is 0 Å². The smallest absolute Gasteiger partial charge is 0.255 e. The third kappa shape index (κ3) is 2.21. The number of amides is 1. The molecule has 0 spiro atoms. The number of nitrogens with two attached hydrogens (primary N) is 1. The van der Waals surface area contributed by atoms with E-state index in [4.69, 9.17) is 5.73 Å². The number of benzene rings is 1. The van der Waals surface area contributed by atoms with Gasteiger partial charge in [-0.25, -0.2) is 0 Å². The monoisotopic (exact) mass is 268 g/mol. The van der Waals surface area contributed by atoms with Gasteiger partial charge >= 0.3 is 0 Å². The van der Waals surface area contributed by atoms with Crippen LogP contribution in [0.4, 0.5) is 0 Å². The molecular weight excluding hydrogens is 256 g/mol. The zero-order valence-electron chi connectivity index (χ0n) is 8.32. The molecule has 0 aromatic heterocycles. The van der Waals surface area contributed by atoms with Crippen LogP contribution in [-0.2, 0) is 0 Å². The van der Waals surface area contributed by atoms with Crippen molar-refractivity contribution in [1.29, 1.82) is 0 Å². The van der Waals surface area contributed by atoms with Gasteiger partial charge in [0.05, 0.1) is 5.56 Å². The highest BCUT2D eigenvalue weighted by Gasteiger charge is 2.25. The predicted molar refractivity (Wildman–Crippen MR) is 62.6 cm³/mol. The average molecular weight is 269 g/mol. The molecule has 0 saturated carbocycles. The van der Waals surface area contributed by atoms with Gasteiger partial charge < -0.3 is 10.6 Å². The molecular formula is C11H13BrN2O. The molecule has 0 bridgehead atoms. The van der Waals surface area contributed by atoms with E-state index in [9.17, 15) is 4.79 Å². The molecule has 1 aliphatic heterocycles. The first-order valence-corrected chi connectivity index (χ1v) is 5.77. The minimum Gasteiger partial charge on any atom is -0.337 e. The minimum atomic E-state index is 0.0652. The first kappa shape index (κ1) is 10.6. The molecule has 0 radical (unpaired) electrons. The van der Waals surface area contributed by atoms with E-state index >= 15 is 0 Å². The van der Waals surface area contributed by atoms with Crippen molar-refractivity contribution in [3.63, 3.8) is 0 Å². The molecule has 1 amide bonds. The van der Waals surface area contributed by atoms with Gasteiger partial charge in [-0.05, 0) is 34.5 Å². The van der Waals surface area contributed by atoms with E-state index in [1.54, 1.807) is 0 Å². The number of likely N-dealkylation sites (tertiary alicyclic amines) is 1. The summed E-state index contributed by atoms with van der Waals surface area (Å²) in [6.45, 7) is 1.43. The van der Waals surface area contributed by atoms with E-state index in [1.807, 2.05) is 29.2 Å². The van der Waals surface area contributed by atoms with Gasteiger partial charge in [0.15, 0.2) is 0 Å². The van der Waals surface area contributed by atoms with Crippen molar-refractivity contribution in [2.45, 2.75) is 12.5 Å². The summed E-state index contributed by atoms with van der Waals surface area (Å²) >= 11 is 3.38. The van der Waals surface area contributed by atoms with E-state index in [0.717, 1.165) is 17.4 Å². The topological polar surface area (TPSA) is 46.3 Å². The molecule has 1 aromatic rings. The Morgan fingerprint density at radius 1 is 1.47 bits per heavy atom. The second-order valence-electron chi connectivity index (χ2n) is 3.78. The SMILES string of the molecule is N[C@H]1CCN(C(=O)c2ccccc2Br)C1. The second kappa shape index (κ2) is 4.33. The van der Waals surface area contributed by atoms with Crippen molar-refractivity contribution >= 4 is 21.8 Å². The van der Waals surface area contributed by atoms with Crippen molar-refractivity contribution in [1.82, 2.24) is 4.90 Å². The van der Waals surface area contributed by atoms with Gasteiger partial charge in [0.2, 0.25) is 0 Å². The Labute approximate surface area is 97.4 Å². The lowest BCUT2D eigenvalue weighted by atomic mass is 10.2. The van der Waals surface area contributed by atoms with Crippen molar-refractivity contribution in [3.05, 3.63) is 34.3 Å². The number of rotatable bonds is 1. The van der Waals surface area contributed by atoms with Gasteiger partial charge in [-0.15, -0.1) is 0 Å². The Morgan fingerprint density at radius 3 is 2.80 bits per heavy atom. The molecule has 1 heterocycles. The summed E-state index contributed by atoms with van der Waals surface area (Å²) in [6, 6.07) is 7.61. The molecule has 1 saturated heterocycles. The zero-order chi connectivity index (χ0) is 10.8. The molecule has 3 nitrogen and oxygen atoms in total. The summed E-state index contributed by atoms with van der Waals surface area (Å²) in [4.78, 5) is 13.9. The van der Waals surface area contributed by atoms with Crippen LogP contribution in [0.25, 0.3) is 0 Å². The predicted octanol–water partition coefficient (Wildman–Crippen LogP) is 1.62. The number of carbonyl (C=O) groups excluding carboxylic acids is 1. The first-order chi connectivity index (χ1) is 7.18. The maximum Gasteiger partial charge on any atom is 0.255 e. The molecule has 0 unspecified atom stereocenters. The van der Waals surface area contributed by atoms with Crippen molar-refractivity contribution in [3.8, 4) is 0 Å². The summed E-state index contributed by atoms with van der Waals surface area (Å²) in [5.74, 6) is 0.0652. The standard InChI is InChI=1S/C11H13BrN2O/c12-10-4-2-1-3-9(10)11(15)14-6-5-8(13)7-14/h1-4,8H,5-7,13H2/t8-/m0/s1. The summed E-state index contributed by atoms with van der Waals surface area (Å²) in [5.41, 5.74) is 6.49. The third-order valence-corrected chi connectivity index (χ3v) is 3.31. The van der Waals surface area contributed by atoms with Crippen LogP contribution in [0.5, 0.6) is 0 Å². The summed E-state index contributed by atoms with van der Waals surface area (Å²) in [6.07, 6.45) is 0.899. The van der Waals surface area contributed by atoms with E-state index < -0.39 is 0 Å². The van der Waals surface area contributed by atoms with E-state index in [2.05, 4.69) is 15.9 Å². The number of carbonyl (C=O) groups is 1. The lowest BCUT2D eigenvalue weighted by Crippen LogP contribution is -2.32. The van der Waals surface area contributed by atoms with Crippen LogP contribution >= 0.6 is 15.9 Å². The van der Waals surface area contributed by atoms with E-state index in [1.165, 1.54) is 0 Å². The summed E-state index contributed by atoms with van der Waals surface area (Å²) in [7, 11) is 0. The summed E-state index contributed by atoms with van der Waals surface area (Å²) < 4.78 is 0.843. The van der Waals surface area contributed by atoms with Crippen LogP contribution < -0.4 is 5.73 Å². The number of halogens is 1. The molecule has 2 rings (SSSR count). The molecule has 2 N–H and O–H groups in total. The lowest BCUT2D eigenvalue weighted by molar-refractivity contribution is 0.0790. The maximum absolute atomic E-state index is 12.1. The van der Waals surface area contributed by atoms with Gasteiger partial charge in [-0.1, -0.05) is 12.1 Å². The molecule has 0 aliphatic carbocycles. The fourth-order valence-corrected chi connectivity index (χ4v) is 2.23. The highest BCUT2D eigenvalue weighted by Crippen LogP contribution is 2.19. The highest BCUT2D eigenvalue weighted by molar-refractivity contribution is 9.10. The normalized spacial score (nSPS) is 20.7. The molecule has 1 fully saturated rings. The molecule has 80 valence electrons. The Morgan fingerprint density at radius 2 is 2.20 bits per heavy atom. The van der Waals surface area contributed by atoms with Crippen LogP contribution in [0.1, 0.15) is 16.8 Å². The van der Waals surface area contributed by atoms with Crippen LogP contribution in [0.15, 0.2) is 28.7 Å². The Bertz CT molecular complexity index is 381. The maximum atomic E-state index is 12.1. The number of nitrogens with zero attached hydrogens (tertiary/aromatic N) is 1. The van der Waals surface area contributed by atoms with E-state index in [0.29, 0.717) is 12.1 Å². The quantitative estimate of drug-likeness (QED) is 0.842. The van der Waals surface area contributed by atoms with Crippen LogP contribution in [0.2, 0.25) is 0 Å². The van der Waals surface area contributed by atoms with Crippen molar-refractivity contribution < 1.29 is 4.79 Å². The summed E-state index contributed by atoms with van der Waals surface area (Å²) in [5, 5.41) is 0. The largest absolute Gasteiger partial charge is 0.337 e. The van der Waals surface area contributed by atoms with Crippen LogP contribution in [0.3, 0.4) is 0 Å². The highest BCUT2D eigenvalue weighted by atomic mass is 79.9. The van der Waals surface area contributed by atoms with Gasteiger partial charge in [-0.2, -0.15) is 0 Å². The van der Waals surface area contributed by atoms with Gasteiger partial charge in [-0.3, -0.25) is 4.79 Å². The van der Waals surface area contributed by atoms with Gasteiger partial charge in [0.25, 0.3) is 5.91 Å². The zero-order valence-corrected chi connectivity index (χ0v) is 9.90. The second-order valence-corrected chi connectivity index (χ2v) is 4.63. The fraction of sp³-hybridized carbons (Fsp3) is 0.364. The molecule has 1 atom stereocenters. The first-order valence-electron chi connectivity index (χ1n) is 4.98. The Hall–Kier alpha value is -0.870. The number of hydrogen-bond donors (Lipinski definition) is 1. The van der Waals surface area contributed by atoms with Crippen molar-refractivity contribution in [2.75, 3.05) is 13.1 Å². The van der Waals surface area contributed by atoms with Crippen molar-refractivity contribution in [2.24, 2.45) is 5.73 Å². The molecule has 1 aliphatic rings. The van der Waals surface area contributed by atoms with E-state index in [-0.39, 0.29) is 11.9 Å². The molecule has 4 heteroatoms. The lowest BCUT2D eigenvalue weighted by Gasteiger charge is -2.16. The third-order valence-electron chi connectivity index (χ3n) is 2.62. The molecule has 1 aromatic carbocycles. The van der Waals surface area contributed by atoms with Crippen LogP contribution in [-0.4, -0.2) is 29.9 Å². The average Bonchev–Trinajstić information content (AvgIpc) is 2.65. The Kier molecular flexibility index (Phi) is 3.07. The Balaban J connectivity index is 2.18. The number of hydrogen-bond acceptors (Lipinski definition) is 2. The van der Waals surface area contributed by atoms with Gasteiger partial charge in [0, 0.05) is 23.6 Å².